The molecule has 1 aromatic heterocycles. The number of hydrogen-bond donors (Lipinski definition) is 0. The van der Waals surface area contributed by atoms with Gasteiger partial charge in [0.05, 0.1) is 0 Å². The average Bonchev–Trinajstić information content (AvgIpc) is 2.83. The third kappa shape index (κ3) is 2.54. The maximum Gasteiger partial charge on any atom is 0.291 e. The summed E-state index contributed by atoms with van der Waals surface area (Å²) in [5, 5.41) is 7.42. The molecule has 2 amide bonds. The van der Waals surface area contributed by atoms with Crippen molar-refractivity contribution in [3.8, 4) is 0 Å². The van der Waals surface area contributed by atoms with E-state index >= 15 is 0 Å². The number of carbonyl (C=O) groups is 2. The summed E-state index contributed by atoms with van der Waals surface area (Å²) in [6.07, 6.45) is 0.405. The van der Waals surface area contributed by atoms with E-state index in [4.69, 9.17) is 11.6 Å². The van der Waals surface area contributed by atoms with Gasteiger partial charge in [-0.3, -0.25) is 14.5 Å². The summed E-state index contributed by atoms with van der Waals surface area (Å²) in [7, 11) is 0. The van der Waals surface area contributed by atoms with Gasteiger partial charge in [0.2, 0.25) is 15.4 Å². The van der Waals surface area contributed by atoms with E-state index in [1.54, 1.807) is 0 Å². The first kappa shape index (κ1) is 13.4. The van der Waals surface area contributed by atoms with E-state index in [1.165, 1.54) is 4.90 Å². The molecule has 0 spiro atoms. The predicted molar refractivity (Wildman–Crippen MR) is 68.5 cm³/mol. The zero-order chi connectivity index (χ0) is 13.5. The van der Waals surface area contributed by atoms with Gasteiger partial charge in [-0.15, -0.1) is 10.2 Å². The maximum atomic E-state index is 12.1. The number of hydrogen-bond acceptors (Lipinski definition) is 5. The molecule has 98 valence electrons. The highest BCUT2D eigenvalue weighted by Gasteiger charge is 2.40. The van der Waals surface area contributed by atoms with Crippen LogP contribution in [0.2, 0.25) is 4.47 Å². The number of halogens is 1. The molecule has 0 N–H and O–H groups in total. The number of carbonyl (C=O) groups excluding carboxylic acids is 2. The van der Waals surface area contributed by atoms with Crippen molar-refractivity contribution in [3.05, 3.63) is 9.47 Å². The summed E-state index contributed by atoms with van der Waals surface area (Å²) < 4.78 is 0.206. The quantitative estimate of drug-likeness (QED) is 0.743. The molecule has 5 nitrogen and oxygen atoms in total. The van der Waals surface area contributed by atoms with E-state index < -0.39 is 5.91 Å². The molecule has 1 aromatic rings. The molecule has 1 atom stereocenters. The molecule has 0 radical (unpaired) electrons. The fraction of sp³-hybridized carbons (Fsp3) is 0.636. The van der Waals surface area contributed by atoms with Crippen molar-refractivity contribution in [1.29, 1.82) is 0 Å². The first-order chi connectivity index (χ1) is 8.29. The van der Waals surface area contributed by atoms with Crippen molar-refractivity contribution in [1.82, 2.24) is 15.1 Å². The van der Waals surface area contributed by atoms with E-state index in [0.29, 0.717) is 13.0 Å². The minimum atomic E-state index is -0.392. The van der Waals surface area contributed by atoms with E-state index in [1.807, 2.05) is 0 Å². The van der Waals surface area contributed by atoms with Gasteiger partial charge >= 0.3 is 0 Å². The van der Waals surface area contributed by atoms with Gasteiger partial charge in [-0.25, -0.2) is 0 Å². The van der Waals surface area contributed by atoms with Crippen LogP contribution in [0.3, 0.4) is 0 Å². The number of likely N-dealkylation sites (tertiary alicyclic amines) is 1. The van der Waals surface area contributed by atoms with Crippen LogP contribution in [0.25, 0.3) is 0 Å². The molecule has 1 fully saturated rings. The van der Waals surface area contributed by atoms with E-state index in [9.17, 15) is 9.59 Å². The fourth-order valence-corrected chi connectivity index (χ4v) is 2.67. The lowest BCUT2D eigenvalue weighted by molar-refractivity contribution is -0.125. The summed E-state index contributed by atoms with van der Waals surface area (Å²) in [6.45, 7) is 6.65. The molecule has 2 rings (SSSR count). The Hall–Kier alpha value is -1.01. The Bertz CT molecular complexity index is 495. The highest BCUT2D eigenvalue weighted by atomic mass is 35.5. The summed E-state index contributed by atoms with van der Waals surface area (Å²) in [5.41, 5.74) is 0.00344. The van der Waals surface area contributed by atoms with Crippen LogP contribution in [0, 0.1) is 11.3 Å². The Morgan fingerprint density at radius 2 is 2.11 bits per heavy atom. The lowest BCUT2D eigenvalue weighted by Crippen LogP contribution is -2.33. The van der Waals surface area contributed by atoms with Crippen LogP contribution in [0.5, 0.6) is 0 Å². The molecule has 0 saturated carbocycles. The smallest absolute Gasteiger partial charge is 0.276 e. The lowest BCUT2D eigenvalue weighted by Gasteiger charge is -2.25. The van der Waals surface area contributed by atoms with Gasteiger partial charge in [-0.2, -0.15) is 0 Å². The zero-order valence-corrected chi connectivity index (χ0v) is 12.0. The van der Waals surface area contributed by atoms with Crippen LogP contribution in [-0.4, -0.2) is 33.5 Å². The number of rotatable bonds is 1. The number of imide groups is 1. The number of nitrogens with zero attached hydrogens (tertiary/aromatic N) is 3. The van der Waals surface area contributed by atoms with E-state index in [0.717, 1.165) is 11.3 Å². The third-order valence-corrected chi connectivity index (χ3v) is 4.18. The van der Waals surface area contributed by atoms with Gasteiger partial charge in [0.15, 0.2) is 0 Å². The second kappa shape index (κ2) is 4.59. The molecule has 1 unspecified atom stereocenters. The van der Waals surface area contributed by atoms with Crippen molar-refractivity contribution >= 4 is 34.8 Å². The minimum absolute atomic E-state index is 0.00344. The molecule has 0 bridgehead atoms. The van der Waals surface area contributed by atoms with Gasteiger partial charge < -0.3 is 0 Å². The van der Waals surface area contributed by atoms with E-state index in [-0.39, 0.29) is 26.7 Å². The van der Waals surface area contributed by atoms with Crippen LogP contribution in [0.15, 0.2) is 0 Å². The van der Waals surface area contributed by atoms with Crippen LogP contribution >= 0.6 is 22.9 Å². The predicted octanol–water partition coefficient (Wildman–Crippen LogP) is 2.23. The minimum Gasteiger partial charge on any atom is -0.276 e. The van der Waals surface area contributed by atoms with Crippen molar-refractivity contribution < 1.29 is 9.59 Å². The summed E-state index contributed by atoms with van der Waals surface area (Å²) in [6, 6.07) is 0. The van der Waals surface area contributed by atoms with Crippen LogP contribution in [0.1, 0.15) is 37.0 Å². The fourth-order valence-electron chi connectivity index (χ4n) is 1.89. The Morgan fingerprint density at radius 1 is 1.44 bits per heavy atom. The zero-order valence-electron chi connectivity index (χ0n) is 10.4. The van der Waals surface area contributed by atoms with Crippen molar-refractivity contribution in [2.75, 3.05) is 6.54 Å². The maximum absolute atomic E-state index is 12.1. The Kier molecular flexibility index (Phi) is 3.42. The van der Waals surface area contributed by atoms with Gasteiger partial charge in [0, 0.05) is 13.0 Å². The summed E-state index contributed by atoms with van der Waals surface area (Å²) >= 11 is 6.63. The molecule has 1 aliphatic heterocycles. The molecule has 7 heteroatoms. The van der Waals surface area contributed by atoms with Crippen molar-refractivity contribution in [3.63, 3.8) is 0 Å². The molecular weight excluding hydrogens is 274 g/mol. The largest absolute Gasteiger partial charge is 0.291 e. The second-order valence-corrected chi connectivity index (χ2v) is 7.00. The first-order valence-electron chi connectivity index (χ1n) is 5.62. The molecule has 18 heavy (non-hydrogen) atoms. The lowest BCUT2D eigenvalue weighted by atomic mass is 9.80. The molecule has 1 saturated heterocycles. The van der Waals surface area contributed by atoms with E-state index in [2.05, 4.69) is 31.0 Å². The Balaban J connectivity index is 2.15. The highest BCUT2D eigenvalue weighted by Crippen LogP contribution is 2.35. The van der Waals surface area contributed by atoms with Crippen molar-refractivity contribution in [2.45, 2.75) is 27.2 Å². The topological polar surface area (TPSA) is 63.2 Å². The molecule has 0 aliphatic carbocycles. The number of amides is 2. The molecule has 2 heterocycles. The third-order valence-electron chi connectivity index (χ3n) is 3.18. The Morgan fingerprint density at radius 3 is 2.56 bits per heavy atom. The molecular formula is C11H14ClN3O2S. The number of aromatic nitrogens is 2. The highest BCUT2D eigenvalue weighted by molar-refractivity contribution is 7.17. The second-order valence-electron chi connectivity index (χ2n) is 5.44. The standard InChI is InChI=1S/C11H14ClN3O2S/c1-11(2,3)6-4-7(16)15(5-6)9(17)8-13-14-10(12)18-8/h6H,4-5H2,1-3H3. The Labute approximate surface area is 114 Å². The first-order valence-corrected chi connectivity index (χ1v) is 6.82. The summed E-state index contributed by atoms with van der Waals surface area (Å²) in [5.74, 6) is -0.361. The summed E-state index contributed by atoms with van der Waals surface area (Å²) in [4.78, 5) is 25.2. The van der Waals surface area contributed by atoms with Crippen LogP contribution < -0.4 is 0 Å². The molecule has 1 aliphatic rings. The molecule has 0 aromatic carbocycles. The van der Waals surface area contributed by atoms with Crippen LogP contribution in [0.4, 0.5) is 0 Å². The SMILES string of the molecule is CC(C)(C)C1CC(=O)N(C(=O)c2nnc(Cl)s2)C1. The van der Waals surface area contributed by atoms with Gasteiger partial charge in [-0.1, -0.05) is 32.1 Å². The van der Waals surface area contributed by atoms with Gasteiger partial charge in [-0.05, 0) is 22.9 Å². The monoisotopic (exact) mass is 287 g/mol. The average molecular weight is 288 g/mol. The van der Waals surface area contributed by atoms with Gasteiger partial charge in [0.25, 0.3) is 5.91 Å². The van der Waals surface area contributed by atoms with Crippen molar-refractivity contribution in [2.24, 2.45) is 11.3 Å². The van der Waals surface area contributed by atoms with Crippen LogP contribution in [-0.2, 0) is 4.79 Å². The van der Waals surface area contributed by atoms with Gasteiger partial charge in [0.1, 0.15) is 0 Å². The normalized spacial score (nSPS) is 20.6.